The van der Waals surface area contributed by atoms with Gasteiger partial charge in [-0.15, -0.1) is 0 Å². The standard InChI is InChI=1S/C19H16ClN3O5/c1-11(19(26)21-14-5-3-13(4-6-14)12(2)24)9-18(25)22-17-8-7-15(23(27)28)10-16(17)20/h3-10H,1-2H3,(H,21,26)(H,22,25)/b11-9-. The van der Waals surface area contributed by atoms with Crippen molar-refractivity contribution in [2.75, 3.05) is 10.6 Å². The Morgan fingerprint density at radius 1 is 1.04 bits per heavy atom. The molecule has 0 unspecified atom stereocenters. The molecule has 0 fully saturated rings. The van der Waals surface area contributed by atoms with Gasteiger partial charge in [0.15, 0.2) is 5.78 Å². The van der Waals surface area contributed by atoms with E-state index in [4.69, 9.17) is 11.6 Å². The molecule has 9 heteroatoms. The molecule has 0 atom stereocenters. The molecule has 0 aromatic heterocycles. The lowest BCUT2D eigenvalue weighted by molar-refractivity contribution is -0.384. The van der Waals surface area contributed by atoms with Crippen molar-refractivity contribution in [1.29, 1.82) is 0 Å². The molecule has 2 amide bonds. The van der Waals surface area contributed by atoms with Gasteiger partial charge in [-0.3, -0.25) is 24.5 Å². The molecule has 0 aliphatic carbocycles. The molecule has 2 aromatic rings. The summed E-state index contributed by atoms with van der Waals surface area (Å²) >= 11 is 5.92. The average molecular weight is 402 g/mol. The second-order valence-corrected chi connectivity index (χ2v) is 6.23. The second-order valence-electron chi connectivity index (χ2n) is 5.83. The second kappa shape index (κ2) is 8.92. The number of Topliss-reactive ketones (excluding diaryl/α,β-unsaturated/α-hetero) is 1. The minimum absolute atomic E-state index is 0.00335. The molecule has 0 bridgehead atoms. The van der Waals surface area contributed by atoms with Gasteiger partial charge in [0.2, 0.25) is 5.91 Å². The Hall–Kier alpha value is -3.52. The normalized spacial score (nSPS) is 10.9. The SMILES string of the molecule is CC(=O)c1ccc(NC(=O)/C(C)=C\C(=O)Nc2ccc([N+](=O)[O-])cc2Cl)cc1. The minimum atomic E-state index is -0.615. The van der Waals surface area contributed by atoms with Crippen molar-refractivity contribution in [1.82, 2.24) is 0 Å². The molecule has 8 nitrogen and oxygen atoms in total. The summed E-state index contributed by atoms with van der Waals surface area (Å²) in [6, 6.07) is 9.96. The molecule has 2 rings (SSSR count). The molecule has 0 saturated heterocycles. The number of benzene rings is 2. The summed E-state index contributed by atoms with van der Waals surface area (Å²) in [7, 11) is 0. The molecule has 2 N–H and O–H groups in total. The maximum absolute atomic E-state index is 12.2. The zero-order valence-corrected chi connectivity index (χ0v) is 15.7. The Morgan fingerprint density at radius 2 is 1.68 bits per heavy atom. The van der Waals surface area contributed by atoms with Gasteiger partial charge in [0.25, 0.3) is 11.6 Å². The summed E-state index contributed by atoms with van der Waals surface area (Å²) in [5.41, 5.74) is 1.10. The van der Waals surface area contributed by atoms with E-state index >= 15 is 0 Å². The van der Waals surface area contributed by atoms with Crippen molar-refractivity contribution < 1.29 is 19.3 Å². The number of amides is 2. The molecule has 0 heterocycles. The van der Waals surface area contributed by atoms with Crippen LogP contribution in [-0.4, -0.2) is 22.5 Å². The van der Waals surface area contributed by atoms with Gasteiger partial charge in [-0.2, -0.15) is 0 Å². The van der Waals surface area contributed by atoms with E-state index in [0.29, 0.717) is 11.3 Å². The van der Waals surface area contributed by atoms with Crippen molar-refractivity contribution in [2.45, 2.75) is 13.8 Å². The van der Waals surface area contributed by atoms with Crippen molar-refractivity contribution >= 4 is 46.3 Å². The number of nitrogens with one attached hydrogen (secondary N) is 2. The van der Waals surface area contributed by atoms with Crippen LogP contribution >= 0.6 is 11.6 Å². The summed E-state index contributed by atoms with van der Waals surface area (Å²) in [4.78, 5) is 45.6. The van der Waals surface area contributed by atoms with Crippen molar-refractivity contribution in [3.63, 3.8) is 0 Å². The van der Waals surface area contributed by atoms with Gasteiger partial charge in [0.1, 0.15) is 0 Å². The summed E-state index contributed by atoms with van der Waals surface area (Å²) in [6.07, 6.45) is 1.08. The first-order valence-corrected chi connectivity index (χ1v) is 8.40. The molecule has 28 heavy (non-hydrogen) atoms. The number of non-ortho nitro benzene ring substituents is 1. The fourth-order valence-electron chi connectivity index (χ4n) is 2.17. The zero-order valence-electron chi connectivity index (χ0n) is 15.0. The van der Waals surface area contributed by atoms with Crippen LogP contribution in [0, 0.1) is 10.1 Å². The van der Waals surface area contributed by atoms with Crippen molar-refractivity contribution in [2.24, 2.45) is 0 Å². The van der Waals surface area contributed by atoms with Crippen LogP contribution in [0.2, 0.25) is 5.02 Å². The number of ketones is 1. The largest absolute Gasteiger partial charge is 0.322 e. The van der Waals surface area contributed by atoms with E-state index in [1.165, 1.54) is 26.0 Å². The van der Waals surface area contributed by atoms with Gasteiger partial charge in [-0.05, 0) is 44.2 Å². The number of carbonyl (C=O) groups excluding carboxylic acids is 3. The first-order valence-electron chi connectivity index (χ1n) is 8.03. The van der Waals surface area contributed by atoms with Gasteiger partial charge in [0.05, 0.1) is 15.6 Å². The predicted octanol–water partition coefficient (Wildman–Crippen LogP) is 3.97. The Kier molecular flexibility index (Phi) is 6.62. The summed E-state index contributed by atoms with van der Waals surface area (Å²) in [5.74, 6) is -1.20. The minimum Gasteiger partial charge on any atom is -0.322 e. The van der Waals surface area contributed by atoms with Gasteiger partial charge < -0.3 is 10.6 Å². The van der Waals surface area contributed by atoms with Crippen LogP contribution in [0.15, 0.2) is 54.1 Å². The molecule has 0 aliphatic heterocycles. The van der Waals surface area contributed by atoms with E-state index in [2.05, 4.69) is 10.6 Å². The fourth-order valence-corrected chi connectivity index (χ4v) is 2.39. The van der Waals surface area contributed by atoms with E-state index in [1.807, 2.05) is 0 Å². The van der Waals surface area contributed by atoms with E-state index in [9.17, 15) is 24.5 Å². The molecule has 0 radical (unpaired) electrons. The molecule has 0 aliphatic rings. The molecule has 0 spiro atoms. The number of anilines is 2. The highest BCUT2D eigenvalue weighted by Crippen LogP contribution is 2.26. The highest BCUT2D eigenvalue weighted by molar-refractivity contribution is 6.34. The number of nitrogens with zero attached hydrogens (tertiary/aromatic N) is 1. The first-order chi connectivity index (χ1) is 13.2. The number of halogens is 1. The maximum Gasteiger partial charge on any atom is 0.271 e. The van der Waals surface area contributed by atoms with Gasteiger partial charge in [0, 0.05) is 35.0 Å². The van der Waals surface area contributed by atoms with Crippen LogP contribution in [0.4, 0.5) is 17.1 Å². The Bertz CT molecular complexity index is 984. The lowest BCUT2D eigenvalue weighted by atomic mass is 10.1. The predicted molar refractivity (Wildman–Crippen MR) is 106 cm³/mol. The van der Waals surface area contributed by atoms with E-state index < -0.39 is 16.7 Å². The summed E-state index contributed by atoms with van der Waals surface area (Å²) in [5, 5.41) is 15.8. The van der Waals surface area contributed by atoms with Crippen LogP contribution < -0.4 is 10.6 Å². The summed E-state index contributed by atoms with van der Waals surface area (Å²) in [6.45, 7) is 2.90. The third-order valence-electron chi connectivity index (χ3n) is 3.68. The summed E-state index contributed by atoms with van der Waals surface area (Å²) < 4.78 is 0. The van der Waals surface area contributed by atoms with Gasteiger partial charge in [-0.1, -0.05) is 11.6 Å². The number of hydrogen-bond acceptors (Lipinski definition) is 5. The third-order valence-corrected chi connectivity index (χ3v) is 3.99. The average Bonchev–Trinajstić information content (AvgIpc) is 2.63. The number of hydrogen-bond donors (Lipinski definition) is 2. The number of nitro benzene ring substituents is 1. The smallest absolute Gasteiger partial charge is 0.271 e. The lowest BCUT2D eigenvalue weighted by Crippen LogP contribution is -2.16. The maximum atomic E-state index is 12.2. The van der Waals surface area contributed by atoms with Crippen molar-refractivity contribution in [3.8, 4) is 0 Å². The molecule has 0 saturated carbocycles. The monoisotopic (exact) mass is 401 g/mol. The van der Waals surface area contributed by atoms with E-state index in [-0.39, 0.29) is 27.8 Å². The topological polar surface area (TPSA) is 118 Å². The van der Waals surface area contributed by atoms with Gasteiger partial charge >= 0.3 is 0 Å². The Labute approximate surface area is 165 Å². The fraction of sp³-hybridized carbons (Fsp3) is 0.105. The van der Waals surface area contributed by atoms with Crippen LogP contribution in [0.5, 0.6) is 0 Å². The zero-order chi connectivity index (χ0) is 20.8. The molecular weight excluding hydrogens is 386 g/mol. The Morgan fingerprint density at radius 3 is 2.21 bits per heavy atom. The van der Waals surface area contributed by atoms with E-state index in [0.717, 1.165) is 12.1 Å². The molecule has 144 valence electrons. The number of nitro groups is 1. The van der Waals surface area contributed by atoms with Crippen LogP contribution in [0.1, 0.15) is 24.2 Å². The number of rotatable bonds is 6. The first kappa shape index (κ1) is 20.8. The van der Waals surface area contributed by atoms with Crippen molar-refractivity contribution in [3.05, 3.63) is 74.8 Å². The van der Waals surface area contributed by atoms with E-state index in [1.54, 1.807) is 24.3 Å². The van der Waals surface area contributed by atoms with Crippen LogP contribution in [-0.2, 0) is 9.59 Å². The Balaban J connectivity index is 2.03. The highest BCUT2D eigenvalue weighted by Gasteiger charge is 2.12. The van der Waals surface area contributed by atoms with Crippen LogP contribution in [0.3, 0.4) is 0 Å². The lowest BCUT2D eigenvalue weighted by Gasteiger charge is -2.07. The molecular formula is C19H16ClN3O5. The third kappa shape index (κ3) is 5.49. The highest BCUT2D eigenvalue weighted by atomic mass is 35.5. The quantitative estimate of drug-likeness (QED) is 0.328. The number of carbonyl (C=O) groups is 3. The van der Waals surface area contributed by atoms with Crippen LogP contribution in [0.25, 0.3) is 0 Å². The van der Waals surface area contributed by atoms with Gasteiger partial charge in [-0.25, -0.2) is 0 Å². The molecule has 2 aromatic carbocycles.